The third-order valence-electron chi connectivity index (χ3n) is 3.05. The molecule has 0 spiro atoms. The number of hydrogen-bond acceptors (Lipinski definition) is 1. The zero-order valence-corrected chi connectivity index (χ0v) is 9.22. The highest BCUT2D eigenvalue weighted by atomic mass is 19.1. The Labute approximate surface area is 90.7 Å². The molecular formula is C13H18FN. The van der Waals surface area contributed by atoms with E-state index in [1.807, 2.05) is 13.0 Å². The smallest absolute Gasteiger partial charge is 0.123 e. The Hall–Kier alpha value is -0.890. The van der Waals surface area contributed by atoms with Crippen LogP contribution in [0.3, 0.4) is 0 Å². The SMILES string of the molecule is Cc1cc(F)cc(CNC2CCCC2)c1. The van der Waals surface area contributed by atoms with Crippen LogP contribution in [-0.4, -0.2) is 6.04 Å². The van der Waals surface area contributed by atoms with Gasteiger partial charge < -0.3 is 5.32 Å². The van der Waals surface area contributed by atoms with Crippen LogP contribution in [0.15, 0.2) is 18.2 Å². The highest BCUT2D eigenvalue weighted by molar-refractivity contribution is 5.23. The molecular weight excluding hydrogens is 189 g/mol. The van der Waals surface area contributed by atoms with E-state index in [-0.39, 0.29) is 5.82 Å². The molecule has 0 aliphatic heterocycles. The van der Waals surface area contributed by atoms with E-state index in [0.717, 1.165) is 17.7 Å². The van der Waals surface area contributed by atoms with Gasteiger partial charge in [-0.05, 0) is 43.0 Å². The van der Waals surface area contributed by atoms with Gasteiger partial charge in [0.1, 0.15) is 5.82 Å². The van der Waals surface area contributed by atoms with Crippen LogP contribution in [0, 0.1) is 12.7 Å². The van der Waals surface area contributed by atoms with Crippen LogP contribution in [0.25, 0.3) is 0 Å². The lowest BCUT2D eigenvalue weighted by Crippen LogP contribution is -2.25. The minimum absolute atomic E-state index is 0.127. The average molecular weight is 207 g/mol. The molecule has 1 aromatic carbocycles. The summed E-state index contributed by atoms with van der Waals surface area (Å²) in [5.41, 5.74) is 2.05. The summed E-state index contributed by atoms with van der Waals surface area (Å²) in [5, 5.41) is 3.49. The van der Waals surface area contributed by atoms with Gasteiger partial charge in [-0.2, -0.15) is 0 Å². The minimum Gasteiger partial charge on any atom is -0.310 e. The third-order valence-corrected chi connectivity index (χ3v) is 3.05. The highest BCUT2D eigenvalue weighted by Crippen LogP contribution is 2.18. The van der Waals surface area contributed by atoms with Gasteiger partial charge in [0.2, 0.25) is 0 Å². The lowest BCUT2D eigenvalue weighted by atomic mass is 10.1. The van der Waals surface area contributed by atoms with Gasteiger partial charge in [0.25, 0.3) is 0 Å². The van der Waals surface area contributed by atoms with Crippen molar-refractivity contribution in [2.24, 2.45) is 0 Å². The molecule has 0 atom stereocenters. The van der Waals surface area contributed by atoms with E-state index >= 15 is 0 Å². The fourth-order valence-corrected chi connectivity index (χ4v) is 2.31. The molecule has 1 saturated carbocycles. The van der Waals surface area contributed by atoms with Crippen molar-refractivity contribution in [3.05, 3.63) is 35.1 Å². The van der Waals surface area contributed by atoms with E-state index in [9.17, 15) is 4.39 Å². The first-order valence-corrected chi connectivity index (χ1v) is 5.73. The molecule has 0 amide bonds. The first-order chi connectivity index (χ1) is 7.24. The maximum Gasteiger partial charge on any atom is 0.123 e. The van der Waals surface area contributed by atoms with E-state index < -0.39 is 0 Å². The van der Waals surface area contributed by atoms with E-state index in [4.69, 9.17) is 0 Å². The van der Waals surface area contributed by atoms with Gasteiger partial charge in [-0.25, -0.2) is 4.39 Å². The lowest BCUT2D eigenvalue weighted by molar-refractivity contribution is 0.522. The molecule has 15 heavy (non-hydrogen) atoms. The zero-order chi connectivity index (χ0) is 10.7. The normalized spacial score (nSPS) is 17.2. The van der Waals surface area contributed by atoms with Crippen LogP contribution in [0.5, 0.6) is 0 Å². The van der Waals surface area contributed by atoms with Crippen molar-refractivity contribution in [3.8, 4) is 0 Å². The molecule has 1 N–H and O–H groups in total. The summed E-state index contributed by atoms with van der Waals surface area (Å²) in [4.78, 5) is 0. The molecule has 0 heterocycles. The lowest BCUT2D eigenvalue weighted by Gasteiger charge is -2.12. The van der Waals surface area contributed by atoms with Crippen LogP contribution in [0.4, 0.5) is 4.39 Å². The predicted octanol–water partition coefficient (Wildman–Crippen LogP) is 3.17. The van der Waals surface area contributed by atoms with Gasteiger partial charge in [-0.1, -0.05) is 18.9 Å². The summed E-state index contributed by atoms with van der Waals surface area (Å²) in [6, 6.07) is 5.88. The third kappa shape index (κ3) is 3.03. The van der Waals surface area contributed by atoms with Gasteiger partial charge in [0.15, 0.2) is 0 Å². The zero-order valence-electron chi connectivity index (χ0n) is 9.22. The van der Waals surface area contributed by atoms with E-state index in [2.05, 4.69) is 5.32 Å². The number of nitrogens with one attached hydrogen (secondary N) is 1. The van der Waals surface area contributed by atoms with Crippen molar-refractivity contribution in [1.82, 2.24) is 5.32 Å². The Morgan fingerprint density at radius 3 is 2.67 bits per heavy atom. The fourth-order valence-electron chi connectivity index (χ4n) is 2.31. The van der Waals surface area contributed by atoms with Gasteiger partial charge in [-0.3, -0.25) is 0 Å². The predicted molar refractivity (Wildman–Crippen MR) is 60.2 cm³/mol. The second-order valence-electron chi connectivity index (χ2n) is 4.50. The summed E-state index contributed by atoms with van der Waals surface area (Å²) in [6.45, 7) is 2.73. The Balaban J connectivity index is 1.92. The largest absolute Gasteiger partial charge is 0.310 e. The molecule has 2 rings (SSSR count). The molecule has 1 nitrogen and oxygen atoms in total. The van der Waals surface area contributed by atoms with Crippen LogP contribution < -0.4 is 5.32 Å². The first kappa shape index (κ1) is 10.6. The van der Waals surface area contributed by atoms with Crippen molar-refractivity contribution in [2.75, 3.05) is 0 Å². The maximum absolute atomic E-state index is 13.1. The molecule has 2 heteroatoms. The summed E-state index contributed by atoms with van der Waals surface area (Å²) in [6.07, 6.45) is 5.21. The van der Waals surface area contributed by atoms with Crippen molar-refractivity contribution >= 4 is 0 Å². The molecule has 0 aromatic heterocycles. The number of benzene rings is 1. The summed E-state index contributed by atoms with van der Waals surface area (Å²) < 4.78 is 13.1. The molecule has 1 aromatic rings. The van der Waals surface area contributed by atoms with Crippen molar-refractivity contribution < 1.29 is 4.39 Å². The molecule has 82 valence electrons. The summed E-state index contributed by atoms with van der Waals surface area (Å²) in [7, 11) is 0. The van der Waals surface area contributed by atoms with Gasteiger partial charge in [0, 0.05) is 12.6 Å². The fraction of sp³-hybridized carbons (Fsp3) is 0.538. The van der Waals surface area contributed by atoms with Gasteiger partial charge in [0.05, 0.1) is 0 Å². The average Bonchev–Trinajstić information content (AvgIpc) is 2.65. The van der Waals surface area contributed by atoms with Crippen LogP contribution in [0.2, 0.25) is 0 Å². The molecule has 1 aliphatic carbocycles. The van der Waals surface area contributed by atoms with E-state index in [1.54, 1.807) is 12.1 Å². The highest BCUT2D eigenvalue weighted by Gasteiger charge is 2.13. The summed E-state index contributed by atoms with van der Waals surface area (Å²) >= 11 is 0. The molecule has 0 unspecified atom stereocenters. The minimum atomic E-state index is -0.127. The van der Waals surface area contributed by atoms with Crippen LogP contribution in [-0.2, 0) is 6.54 Å². The van der Waals surface area contributed by atoms with Crippen molar-refractivity contribution in [1.29, 1.82) is 0 Å². The van der Waals surface area contributed by atoms with Crippen molar-refractivity contribution in [3.63, 3.8) is 0 Å². The molecule has 0 saturated heterocycles. The standard InChI is InChI=1S/C13H18FN/c1-10-6-11(8-12(14)7-10)9-15-13-4-2-3-5-13/h6-8,13,15H,2-5,9H2,1H3. The first-order valence-electron chi connectivity index (χ1n) is 5.73. The number of aryl methyl sites for hydroxylation is 1. The Bertz CT molecular complexity index is 309. The number of hydrogen-bond donors (Lipinski definition) is 1. The second kappa shape index (κ2) is 4.75. The van der Waals surface area contributed by atoms with E-state index in [0.29, 0.717) is 6.04 Å². The maximum atomic E-state index is 13.1. The molecule has 1 fully saturated rings. The molecule has 0 bridgehead atoms. The Morgan fingerprint density at radius 1 is 1.27 bits per heavy atom. The molecule has 1 aliphatic rings. The number of rotatable bonds is 3. The quantitative estimate of drug-likeness (QED) is 0.802. The monoisotopic (exact) mass is 207 g/mol. The molecule has 0 radical (unpaired) electrons. The van der Waals surface area contributed by atoms with E-state index in [1.165, 1.54) is 25.7 Å². The topological polar surface area (TPSA) is 12.0 Å². The van der Waals surface area contributed by atoms with Crippen molar-refractivity contribution in [2.45, 2.75) is 45.2 Å². The van der Waals surface area contributed by atoms with Crippen LogP contribution in [0.1, 0.15) is 36.8 Å². The second-order valence-corrected chi connectivity index (χ2v) is 4.50. The van der Waals surface area contributed by atoms with Gasteiger partial charge >= 0.3 is 0 Å². The Kier molecular flexibility index (Phi) is 3.37. The number of halogens is 1. The van der Waals surface area contributed by atoms with Crippen LogP contribution >= 0.6 is 0 Å². The Morgan fingerprint density at radius 2 is 2.00 bits per heavy atom. The van der Waals surface area contributed by atoms with Gasteiger partial charge in [-0.15, -0.1) is 0 Å². The summed E-state index contributed by atoms with van der Waals surface area (Å²) in [5.74, 6) is -0.127.